The van der Waals surface area contributed by atoms with Gasteiger partial charge in [-0.05, 0) is 55.6 Å². The van der Waals surface area contributed by atoms with E-state index in [2.05, 4.69) is 15.4 Å². The van der Waals surface area contributed by atoms with Crippen molar-refractivity contribution >= 4 is 52.2 Å². The molecular formula is C22H30FN3O6P2S. The van der Waals surface area contributed by atoms with Crippen LogP contribution in [0.15, 0.2) is 47.4 Å². The molecule has 2 amide bonds. The normalized spacial score (nSPS) is 13.3. The van der Waals surface area contributed by atoms with Crippen molar-refractivity contribution in [3.63, 3.8) is 0 Å². The van der Waals surface area contributed by atoms with Crippen molar-refractivity contribution in [3.05, 3.63) is 42.5 Å². The first kappa shape index (κ1) is 28.8. The Morgan fingerprint density at radius 1 is 1.17 bits per heavy atom. The van der Waals surface area contributed by atoms with E-state index in [0.717, 1.165) is 0 Å². The fourth-order valence-electron chi connectivity index (χ4n) is 3.12. The van der Waals surface area contributed by atoms with E-state index in [4.69, 9.17) is 9.47 Å². The van der Waals surface area contributed by atoms with Gasteiger partial charge in [-0.2, -0.15) is 4.39 Å². The van der Waals surface area contributed by atoms with Gasteiger partial charge in [0.05, 0.1) is 12.3 Å². The minimum atomic E-state index is -4.12. The number of carbonyl (C=O) groups is 2. The number of nitrogens with one attached hydrogen (secondary N) is 3. The maximum atomic E-state index is 13.7. The second-order valence-electron chi connectivity index (χ2n) is 7.66. The van der Waals surface area contributed by atoms with Crippen molar-refractivity contribution in [2.24, 2.45) is 5.92 Å². The number of carbonyl (C=O) groups excluding carboxylic acids is 2. The molecule has 4 atom stereocenters. The topological polar surface area (TPSA) is 123 Å². The quantitative estimate of drug-likeness (QED) is 0.261. The maximum absolute atomic E-state index is 13.7. The number of alkyl halides is 1. The number of rotatable bonds is 13. The standard InChI is InChI=1S/C22H30FN3O6P2S/c1-4-14(3)20(24-13-27)21(28)25-15-9-10-19(18(12-15)31-5-2)35(29,30)26-16-7-6-8-17(11-16)32-22(23,33)34/h6-14,20,26H,4-5,33-34H2,1-3H3,(H,24,27)(H,25,28)/t14?,20-/m0/s1. The molecule has 0 saturated heterocycles. The van der Waals surface area contributed by atoms with Crippen LogP contribution in [0.3, 0.4) is 0 Å². The van der Waals surface area contributed by atoms with Crippen LogP contribution in [0.5, 0.6) is 11.5 Å². The molecule has 2 aromatic carbocycles. The summed E-state index contributed by atoms with van der Waals surface area (Å²) in [5.74, 6) is -0.422. The van der Waals surface area contributed by atoms with E-state index >= 15 is 0 Å². The predicted octanol–water partition coefficient (Wildman–Crippen LogP) is 3.70. The van der Waals surface area contributed by atoms with Crippen molar-refractivity contribution < 1.29 is 31.9 Å². The maximum Gasteiger partial charge on any atom is 0.270 e. The van der Waals surface area contributed by atoms with E-state index in [-0.39, 0.29) is 34.6 Å². The molecule has 0 radical (unpaired) electrons. The number of sulfonamides is 1. The largest absolute Gasteiger partial charge is 0.492 e. The number of amides is 2. The van der Waals surface area contributed by atoms with E-state index < -0.39 is 27.3 Å². The van der Waals surface area contributed by atoms with Crippen molar-refractivity contribution in [1.29, 1.82) is 0 Å². The zero-order valence-corrected chi connectivity index (χ0v) is 22.7. The summed E-state index contributed by atoms with van der Waals surface area (Å²) in [6.07, 6.45) is 1.13. The third-order valence-electron chi connectivity index (χ3n) is 4.90. The lowest BCUT2D eigenvalue weighted by molar-refractivity contribution is -0.122. The molecule has 0 saturated carbocycles. The summed E-state index contributed by atoms with van der Waals surface area (Å²) >= 11 is 0. The Morgan fingerprint density at radius 3 is 2.49 bits per heavy atom. The Labute approximate surface area is 209 Å². The first-order valence-corrected chi connectivity index (χ1v) is 13.4. The van der Waals surface area contributed by atoms with E-state index in [1.165, 1.54) is 42.5 Å². The van der Waals surface area contributed by atoms with Crippen LogP contribution >= 0.6 is 18.5 Å². The Bertz CT molecular complexity index is 1140. The number of ether oxygens (including phenoxy) is 2. The second kappa shape index (κ2) is 12.5. The number of anilines is 2. The zero-order chi connectivity index (χ0) is 26.2. The molecule has 0 aromatic heterocycles. The van der Waals surface area contributed by atoms with Gasteiger partial charge in [-0.25, -0.2) is 8.42 Å². The first-order chi connectivity index (χ1) is 16.4. The molecule has 192 valence electrons. The first-order valence-electron chi connectivity index (χ1n) is 10.8. The molecule has 0 heterocycles. The highest BCUT2D eigenvalue weighted by Crippen LogP contribution is 2.34. The molecule has 3 unspecified atom stereocenters. The average molecular weight is 546 g/mol. The minimum Gasteiger partial charge on any atom is -0.492 e. The molecule has 0 spiro atoms. The summed E-state index contributed by atoms with van der Waals surface area (Å²) in [4.78, 5) is 23.4. The lowest BCUT2D eigenvalue weighted by Crippen LogP contribution is -2.44. The van der Waals surface area contributed by atoms with Crippen LogP contribution in [0.1, 0.15) is 27.2 Å². The lowest BCUT2D eigenvalue weighted by Gasteiger charge is -2.22. The van der Waals surface area contributed by atoms with Crippen molar-refractivity contribution in [2.75, 3.05) is 16.6 Å². The minimum absolute atomic E-state index is 0.0198. The molecule has 35 heavy (non-hydrogen) atoms. The van der Waals surface area contributed by atoms with Crippen LogP contribution in [-0.2, 0) is 19.6 Å². The highest BCUT2D eigenvalue weighted by Gasteiger charge is 2.25. The summed E-state index contributed by atoms with van der Waals surface area (Å²) < 4.78 is 52.9. The summed E-state index contributed by atoms with van der Waals surface area (Å²) in [5, 5.41) is 3.09. The molecule has 9 nitrogen and oxygen atoms in total. The van der Waals surface area contributed by atoms with Crippen LogP contribution < -0.4 is 24.8 Å². The van der Waals surface area contributed by atoms with Gasteiger partial charge in [0.15, 0.2) is 0 Å². The second-order valence-corrected chi connectivity index (χ2v) is 11.6. The monoisotopic (exact) mass is 545 g/mol. The Hall–Kier alpha value is -2.48. The Morgan fingerprint density at radius 2 is 1.89 bits per heavy atom. The van der Waals surface area contributed by atoms with Gasteiger partial charge in [-0.1, -0.05) is 26.3 Å². The summed E-state index contributed by atoms with van der Waals surface area (Å²) in [7, 11) is -0.402. The fraction of sp³-hybridized carbons (Fsp3) is 0.364. The van der Waals surface area contributed by atoms with Gasteiger partial charge in [-0.3, -0.25) is 14.3 Å². The highest BCUT2D eigenvalue weighted by atomic mass is 32.2. The SMILES string of the molecule is CCOc1cc(NC(=O)[C@@H](NC=O)C(C)CC)ccc1S(=O)(=O)Nc1cccc(OC(F)(P)P)c1. The molecular weight excluding hydrogens is 515 g/mol. The average Bonchev–Trinajstić information content (AvgIpc) is 2.76. The van der Waals surface area contributed by atoms with Gasteiger partial charge in [0.25, 0.3) is 15.4 Å². The van der Waals surface area contributed by atoms with Gasteiger partial charge < -0.3 is 20.1 Å². The van der Waals surface area contributed by atoms with E-state index in [9.17, 15) is 22.4 Å². The van der Waals surface area contributed by atoms with Crippen LogP contribution in [-0.4, -0.2) is 38.7 Å². The predicted molar refractivity (Wildman–Crippen MR) is 140 cm³/mol. The molecule has 0 aliphatic carbocycles. The molecule has 0 aliphatic rings. The van der Waals surface area contributed by atoms with E-state index in [1.807, 2.05) is 32.3 Å². The van der Waals surface area contributed by atoms with Crippen molar-refractivity contribution in [1.82, 2.24) is 5.32 Å². The number of hydrogen-bond acceptors (Lipinski definition) is 6. The number of hydrogen-bond donors (Lipinski definition) is 3. The molecule has 2 aromatic rings. The number of halogens is 1. The molecule has 3 N–H and O–H groups in total. The van der Waals surface area contributed by atoms with Gasteiger partial charge in [0, 0.05) is 17.8 Å². The molecule has 13 heteroatoms. The molecule has 0 aliphatic heterocycles. The Kier molecular flexibility index (Phi) is 10.2. The lowest BCUT2D eigenvalue weighted by atomic mass is 9.98. The van der Waals surface area contributed by atoms with Gasteiger partial charge in [0.1, 0.15) is 22.4 Å². The van der Waals surface area contributed by atoms with Gasteiger partial charge in [0.2, 0.25) is 12.3 Å². The number of benzene rings is 2. The third kappa shape index (κ3) is 8.60. The molecule has 0 bridgehead atoms. The van der Waals surface area contributed by atoms with Crippen molar-refractivity contribution in [2.45, 2.75) is 43.5 Å². The summed E-state index contributed by atoms with van der Waals surface area (Å²) in [6, 6.07) is 9.18. The third-order valence-corrected chi connectivity index (χ3v) is 6.56. The van der Waals surface area contributed by atoms with E-state index in [1.54, 1.807) is 6.92 Å². The van der Waals surface area contributed by atoms with Crippen LogP contribution in [0.4, 0.5) is 15.8 Å². The van der Waals surface area contributed by atoms with Gasteiger partial charge >= 0.3 is 0 Å². The van der Waals surface area contributed by atoms with Crippen molar-refractivity contribution in [3.8, 4) is 11.5 Å². The summed E-state index contributed by atoms with van der Waals surface area (Å²) in [6.45, 7) is 5.60. The van der Waals surface area contributed by atoms with Crippen LogP contribution in [0, 0.1) is 5.92 Å². The van der Waals surface area contributed by atoms with Gasteiger partial charge in [-0.15, -0.1) is 0 Å². The highest BCUT2D eigenvalue weighted by molar-refractivity contribution is 7.92. The fourth-order valence-corrected chi connectivity index (χ4v) is 4.57. The smallest absolute Gasteiger partial charge is 0.270 e. The Balaban J connectivity index is 2.31. The van der Waals surface area contributed by atoms with E-state index in [0.29, 0.717) is 18.5 Å². The van der Waals surface area contributed by atoms with Crippen LogP contribution in [0.25, 0.3) is 0 Å². The zero-order valence-electron chi connectivity index (χ0n) is 19.6. The van der Waals surface area contributed by atoms with Crippen LogP contribution in [0.2, 0.25) is 0 Å². The summed E-state index contributed by atoms with van der Waals surface area (Å²) in [5.41, 5.74) is 0.451. The molecule has 2 rings (SSSR count). The molecule has 0 fully saturated rings.